The van der Waals surface area contributed by atoms with Gasteiger partial charge in [-0.05, 0) is 33.2 Å². The van der Waals surface area contributed by atoms with E-state index in [1.165, 1.54) is 0 Å². The van der Waals surface area contributed by atoms with Crippen LogP contribution < -0.4 is 0 Å². The second-order valence-corrected chi connectivity index (χ2v) is 5.09. The number of alkyl halides is 1. The summed E-state index contributed by atoms with van der Waals surface area (Å²) in [6, 6.07) is 0. The molecule has 0 amide bonds. The minimum atomic E-state index is -0.483. The van der Waals surface area contributed by atoms with Crippen LogP contribution in [0.1, 0.15) is 19.8 Å². The summed E-state index contributed by atoms with van der Waals surface area (Å²) in [5.41, 5.74) is 0. The van der Waals surface area contributed by atoms with Crippen LogP contribution in [0.4, 0.5) is 5.82 Å². The molecule has 0 aromatic carbocycles. The Morgan fingerprint density at radius 1 is 1.69 bits per heavy atom. The summed E-state index contributed by atoms with van der Waals surface area (Å²) < 4.78 is 2.06. The molecule has 0 spiro atoms. The van der Waals surface area contributed by atoms with Crippen molar-refractivity contribution in [2.75, 3.05) is 5.33 Å². The van der Waals surface area contributed by atoms with Gasteiger partial charge in [0.25, 0.3) is 0 Å². The summed E-state index contributed by atoms with van der Waals surface area (Å²) in [7, 11) is 0. The third-order valence-electron chi connectivity index (χ3n) is 2.23. The van der Waals surface area contributed by atoms with Gasteiger partial charge in [0.15, 0.2) is 0 Å². The Labute approximate surface area is 111 Å². The molecule has 0 aliphatic carbocycles. The number of hydrogen-bond donors (Lipinski definition) is 0. The van der Waals surface area contributed by atoms with Gasteiger partial charge in [0.1, 0.15) is 4.47 Å². The molecule has 0 saturated heterocycles. The van der Waals surface area contributed by atoms with Gasteiger partial charge in [-0.2, -0.15) is 4.68 Å². The van der Waals surface area contributed by atoms with Crippen molar-refractivity contribution in [3.8, 4) is 0 Å². The molecule has 5 nitrogen and oxygen atoms in total. The second-order valence-electron chi connectivity index (χ2n) is 3.59. The number of rotatable bonds is 6. The number of aromatic nitrogens is 2. The van der Waals surface area contributed by atoms with Crippen LogP contribution in [0.15, 0.2) is 10.7 Å². The van der Waals surface area contributed by atoms with E-state index in [4.69, 9.17) is 0 Å². The van der Waals surface area contributed by atoms with Crippen LogP contribution in [0.3, 0.4) is 0 Å². The smallest absolute Gasteiger partial charge is 0.358 e. The van der Waals surface area contributed by atoms with Gasteiger partial charge in [0.05, 0.1) is 17.8 Å². The van der Waals surface area contributed by atoms with E-state index in [0.29, 0.717) is 16.9 Å². The summed E-state index contributed by atoms with van der Waals surface area (Å²) in [6.07, 6.45) is 3.83. The number of nitro groups is 1. The second kappa shape index (κ2) is 6.34. The lowest BCUT2D eigenvalue weighted by Gasteiger charge is -2.09. The normalized spacial score (nSPS) is 12.7. The predicted molar refractivity (Wildman–Crippen MR) is 68.8 cm³/mol. The zero-order valence-electron chi connectivity index (χ0n) is 8.90. The molecule has 0 aliphatic rings. The van der Waals surface area contributed by atoms with E-state index in [-0.39, 0.29) is 5.82 Å². The molecule has 0 saturated carbocycles. The van der Waals surface area contributed by atoms with Gasteiger partial charge in [0, 0.05) is 5.33 Å². The first kappa shape index (κ1) is 13.6. The fourth-order valence-corrected chi connectivity index (χ4v) is 2.48. The standard InChI is InChI=1S/C9H13Br2N3O2/c1-2-3-7(4-10)5-13-6-8(11)9(12-13)14(15)16/h6-7H,2-5H2,1H3. The Hall–Kier alpha value is -0.430. The highest BCUT2D eigenvalue weighted by molar-refractivity contribution is 9.10. The maximum Gasteiger partial charge on any atom is 0.404 e. The molecule has 90 valence electrons. The van der Waals surface area contributed by atoms with Crippen LogP contribution in [-0.2, 0) is 6.54 Å². The average Bonchev–Trinajstić information content (AvgIpc) is 2.59. The van der Waals surface area contributed by atoms with Gasteiger partial charge in [-0.25, -0.2) is 0 Å². The van der Waals surface area contributed by atoms with Crippen LogP contribution in [-0.4, -0.2) is 20.0 Å². The Morgan fingerprint density at radius 2 is 2.38 bits per heavy atom. The SMILES string of the molecule is CCCC(CBr)Cn1cc(Br)c([N+](=O)[O-])n1. The lowest BCUT2D eigenvalue weighted by molar-refractivity contribution is -0.390. The highest BCUT2D eigenvalue weighted by Gasteiger charge is 2.20. The number of hydrogen-bond acceptors (Lipinski definition) is 3. The highest BCUT2D eigenvalue weighted by atomic mass is 79.9. The molecule has 1 aromatic rings. The van der Waals surface area contributed by atoms with E-state index in [1.807, 2.05) is 0 Å². The van der Waals surface area contributed by atoms with Crippen LogP contribution in [0.25, 0.3) is 0 Å². The van der Waals surface area contributed by atoms with Gasteiger partial charge in [-0.15, -0.1) is 0 Å². The van der Waals surface area contributed by atoms with Gasteiger partial charge >= 0.3 is 5.82 Å². The molecule has 7 heteroatoms. The molecule has 0 bridgehead atoms. The monoisotopic (exact) mass is 353 g/mol. The average molecular weight is 355 g/mol. The van der Waals surface area contributed by atoms with Crippen LogP contribution in [0.2, 0.25) is 0 Å². The van der Waals surface area contributed by atoms with E-state index >= 15 is 0 Å². The zero-order valence-corrected chi connectivity index (χ0v) is 12.1. The van der Waals surface area contributed by atoms with Crippen molar-refractivity contribution < 1.29 is 4.92 Å². The van der Waals surface area contributed by atoms with Crippen LogP contribution in [0, 0.1) is 16.0 Å². The summed E-state index contributed by atoms with van der Waals surface area (Å²) in [5, 5.41) is 15.4. The molecule has 0 radical (unpaired) electrons. The minimum absolute atomic E-state index is 0.121. The lowest BCUT2D eigenvalue weighted by Crippen LogP contribution is -2.12. The van der Waals surface area contributed by atoms with Crippen molar-refractivity contribution in [1.29, 1.82) is 0 Å². The number of nitrogens with zero attached hydrogens (tertiary/aromatic N) is 3. The van der Waals surface area contributed by atoms with Gasteiger partial charge < -0.3 is 10.1 Å². The Morgan fingerprint density at radius 3 is 2.81 bits per heavy atom. The largest absolute Gasteiger partial charge is 0.404 e. The van der Waals surface area contributed by atoms with E-state index in [1.54, 1.807) is 10.9 Å². The third-order valence-corrected chi connectivity index (χ3v) is 3.71. The molecule has 1 rings (SSSR count). The van der Waals surface area contributed by atoms with Crippen LogP contribution in [0.5, 0.6) is 0 Å². The van der Waals surface area contributed by atoms with Crippen molar-refractivity contribution in [2.45, 2.75) is 26.3 Å². The zero-order chi connectivity index (χ0) is 12.1. The van der Waals surface area contributed by atoms with Gasteiger partial charge in [-0.1, -0.05) is 29.3 Å². The molecule has 0 aliphatic heterocycles. The summed E-state index contributed by atoms with van der Waals surface area (Å²) in [5.74, 6) is 0.334. The summed E-state index contributed by atoms with van der Waals surface area (Å²) in [4.78, 5) is 10.1. The van der Waals surface area contributed by atoms with E-state index in [2.05, 4.69) is 43.9 Å². The van der Waals surface area contributed by atoms with Crippen molar-refractivity contribution in [2.24, 2.45) is 5.92 Å². The first-order valence-corrected chi connectivity index (χ1v) is 6.93. The van der Waals surface area contributed by atoms with Gasteiger partial charge in [-0.3, -0.25) is 0 Å². The Balaban J connectivity index is 2.73. The van der Waals surface area contributed by atoms with Crippen molar-refractivity contribution in [3.63, 3.8) is 0 Å². The fraction of sp³-hybridized carbons (Fsp3) is 0.667. The Bertz CT molecular complexity index is 368. The number of halogens is 2. The molecule has 1 heterocycles. The van der Waals surface area contributed by atoms with Gasteiger partial charge in [0.2, 0.25) is 0 Å². The van der Waals surface area contributed by atoms with Crippen molar-refractivity contribution in [1.82, 2.24) is 9.78 Å². The van der Waals surface area contributed by atoms with Crippen molar-refractivity contribution in [3.05, 3.63) is 20.8 Å². The first-order chi connectivity index (χ1) is 7.58. The summed E-state index contributed by atoms with van der Waals surface area (Å²) in [6.45, 7) is 2.82. The third kappa shape index (κ3) is 3.55. The molecular formula is C9H13Br2N3O2. The molecular weight excluding hydrogens is 342 g/mol. The lowest BCUT2D eigenvalue weighted by atomic mass is 10.1. The minimum Gasteiger partial charge on any atom is -0.358 e. The highest BCUT2D eigenvalue weighted by Crippen LogP contribution is 2.23. The van der Waals surface area contributed by atoms with Crippen molar-refractivity contribution >= 4 is 37.7 Å². The van der Waals surface area contributed by atoms with E-state index in [0.717, 1.165) is 18.2 Å². The molecule has 1 aromatic heterocycles. The van der Waals surface area contributed by atoms with Crippen LogP contribution >= 0.6 is 31.9 Å². The fourth-order valence-electron chi connectivity index (χ4n) is 1.49. The molecule has 1 atom stereocenters. The Kier molecular flexibility index (Phi) is 5.40. The maximum atomic E-state index is 10.6. The molecule has 1 unspecified atom stereocenters. The first-order valence-electron chi connectivity index (χ1n) is 5.01. The molecule has 16 heavy (non-hydrogen) atoms. The van der Waals surface area contributed by atoms with E-state index < -0.39 is 4.92 Å². The maximum absolute atomic E-state index is 10.6. The molecule has 0 N–H and O–H groups in total. The summed E-state index contributed by atoms with van der Waals surface area (Å²) >= 11 is 6.57. The van der Waals surface area contributed by atoms with E-state index in [9.17, 15) is 10.1 Å². The predicted octanol–water partition coefficient (Wildman–Crippen LogP) is 3.37. The molecule has 0 fully saturated rings. The quantitative estimate of drug-likeness (QED) is 0.447. The topological polar surface area (TPSA) is 61.0 Å².